The number of nitrogens with zero attached hydrogens (tertiary/aromatic N) is 1. The Hall–Kier alpha value is -4.25. The summed E-state index contributed by atoms with van der Waals surface area (Å²) in [4.78, 5) is 25.9. The Morgan fingerprint density at radius 3 is 2.47 bits per heavy atom. The molecular formula is C30H33N3O5. The smallest absolute Gasteiger partial charge is 0.262 e. The first kappa shape index (κ1) is 26.8. The highest BCUT2D eigenvalue weighted by Gasteiger charge is 2.43. The summed E-state index contributed by atoms with van der Waals surface area (Å²) in [5.74, 6) is 0.182. The van der Waals surface area contributed by atoms with Gasteiger partial charge in [-0.25, -0.2) is 0 Å². The first-order valence-corrected chi connectivity index (χ1v) is 12.5. The van der Waals surface area contributed by atoms with E-state index in [-0.39, 0.29) is 35.2 Å². The molecule has 2 aromatic rings. The molecule has 1 heterocycles. The number of methoxy groups -OCH3 is 1. The fourth-order valence-corrected chi connectivity index (χ4v) is 5.30. The lowest BCUT2D eigenvalue weighted by molar-refractivity contribution is -0.119. The number of nitriles is 1. The molecule has 0 radical (unpaired) electrons. The van der Waals surface area contributed by atoms with Gasteiger partial charge in [0.15, 0.2) is 23.9 Å². The van der Waals surface area contributed by atoms with Crippen LogP contribution in [0.5, 0.6) is 11.5 Å². The number of aryl methyl sites for hydroxylation is 3. The highest BCUT2D eigenvalue weighted by Crippen LogP contribution is 2.48. The molecule has 0 fully saturated rings. The second-order valence-corrected chi connectivity index (χ2v) is 10.7. The third-order valence-corrected chi connectivity index (χ3v) is 6.90. The first-order chi connectivity index (χ1) is 17.9. The van der Waals surface area contributed by atoms with E-state index in [1.807, 2.05) is 46.8 Å². The van der Waals surface area contributed by atoms with Crippen molar-refractivity contribution in [2.24, 2.45) is 11.1 Å². The number of hydrogen-bond donors (Lipinski definition) is 2. The van der Waals surface area contributed by atoms with Crippen molar-refractivity contribution < 1.29 is 23.8 Å². The molecule has 8 heteroatoms. The Bertz CT molecular complexity index is 1400. The maximum absolute atomic E-state index is 13.2. The third-order valence-electron chi connectivity index (χ3n) is 6.90. The minimum Gasteiger partial charge on any atom is -0.493 e. The molecule has 0 spiro atoms. The minimum atomic E-state index is -0.675. The van der Waals surface area contributed by atoms with Crippen molar-refractivity contribution in [3.63, 3.8) is 0 Å². The molecule has 0 aromatic heterocycles. The quantitative estimate of drug-likeness (QED) is 0.549. The van der Waals surface area contributed by atoms with Gasteiger partial charge in [0.05, 0.1) is 13.0 Å². The van der Waals surface area contributed by atoms with Gasteiger partial charge >= 0.3 is 0 Å². The molecule has 1 unspecified atom stereocenters. The van der Waals surface area contributed by atoms with E-state index in [9.17, 15) is 14.9 Å². The Kier molecular flexibility index (Phi) is 7.23. The largest absolute Gasteiger partial charge is 0.493 e. The predicted molar refractivity (Wildman–Crippen MR) is 143 cm³/mol. The highest BCUT2D eigenvalue weighted by atomic mass is 16.5. The summed E-state index contributed by atoms with van der Waals surface area (Å²) in [6.07, 6.45) is 0.884. The number of ether oxygens (including phenoxy) is 3. The van der Waals surface area contributed by atoms with E-state index < -0.39 is 5.92 Å². The Morgan fingerprint density at radius 1 is 1.16 bits per heavy atom. The van der Waals surface area contributed by atoms with Crippen LogP contribution in [-0.4, -0.2) is 25.4 Å². The molecule has 2 aromatic carbocycles. The van der Waals surface area contributed by atoms with Crippen molar-refractivity contribution in [1.82, 2.24) is 0 Å². The van der Waals surface area contributed by atoms with Crippen molar-refractivity contribution >= 4 is 17.4 Å². The average molecular weight is 516 g/mol. The highest BCUT2D eigenvalue weighted by molar-refractivity contribution is 6.00. The van der Waals surface area contributed by atoms with Gasteiger partial charge in [-0.3, -0.25) is 9.59 Å². The average Bonchev–Trinajstić information content (AvgIpc) is 2.83. The zero-order valence-electron chi connectivity index (χ0n) is 22.7. The lowest BCUT2D eigenvalue weighted by atomic mass is 9.70. The van der Waals surface area contributed by atoms with Crippen LogP contribution in [0.3, 0.4) is 0 Å². The van der Waals surface area contributed by atoms with Gasteiger partial charge in [0.1, 0.15) is 17.4 Å². The van der Waals surface area contributed by atoms with E-state index in [1.54, 1.807) is 18.2 Å². The molecule has 2 aliphatic rings. The zero-order chi connectivity index (χ0) is 27.8. The number of carbonyl (C=O) groups excluding carboxylic acids is 2. The van der Waals surface area contributed by atoms with Crippen LogP contribution in [0.2, 0.25) is 0 Å². The van der Waals surface area contributed by atoms with Gasteiger partial charge in [-0.1, -0.05) is 37.6 Å². The van der Waals surface area contributed by atoms with Crippen molar-refractivity contribution in [2.45, 2.75) is 53.4 Å². The number of nitrogens with two attached hydrogens (primary N) is 1. The first-order valence-electron chi connectivity index (χ1n) is 12.5. The van der Waals surface area contributed by atoms with Crippen LogP contribution in [0, 0.1) is 37.5 Å². The molecule has 8 nitrogen and oxygen atoms in total. The van der Waals surface area contributed by atoms with E-state index in [1.165, 1.54) is 7.11 Å². The number of Topliss-reactive ketones (excluding diaryl/α,β-unsaturated/α-hetero) is 1. The Labute approximate surface area is 223 Å². The Morgan fingerprint density at radius 2 is 1.84 bits per heavy atom. The summed E-state index contributed by atoms with van der Waals surface area (Å²) >= 11 is 0. The molecular weight excluding hydrogens is 482 g/mol. The second-order valence-electron chi connectivity index (χ2n) is 10.7. The molecule has 3 N–H and O–H groups in total. The molecule has 4 rings (SSSR count). The topological polar surface area (TPSA) is 124 Å². The predicted octanol–water partition coefficient (Wildman–Crippen LogP) is 5.09. The number of hydrogen-bond acceptors (Lipinski definition) is 7. The Balaban J connectivity index is 1.59. The summed E-state index contributed by atoms with van der Waals surface area (Å²) < 4.78 is 17.1. The number of carbonyl (C=O) groups is 2. The van der Waals surface area contributed by atoms with Crippen LogP contribution < -0.4 is 20.5 Å². The lowest BCUT2D eigenvalue weighted by Gasteiger charge is -2.37. The molecule has 198 valence electrons. The third kappa shape index (κ3) is 5.23. The summed E-state index contributed by atoms with van der Waals surface area (Å²) in [5.41, 5.74) is 11.0. The standard InChI is InChI=1S/C30H33N3O5/c1-16-9-17(2)28(18(3)10-16)33-25(35)15-37-22-8-7-19(11-23(22)36-6)26-20(14-31)29(32)38-24-13-30(4,5)12-21(34)27(24)26/h7-11,26H,12-13,15,32H2,1-6H3,(H,33,35). The van der Waals surface area contributed by atoms with Crippen LogP contribution in [-0.2, 0) is 14.3 Å². The number of rotatable bonds is 6. The number of benzene rings is 2. The zero-order valence-corrected chi connectivity index (χ0v) is 22.7. The molecule has 38 heavy (non-hydrogen) atoms. The second kappa shape index (κ2) is 10.3. The maximum atomic E-state index is 13.2. The maximum Gasteiger partial charge on any atom is 0.262 e. The van der Waals surface area contributed by atoms with Gasteiger partial charge in [-0.2, -0.15) is 5.26 Å². The summed E-state index contributed by atoms with van der Waals surface area (Å²) in [6, 6.07) is 11.3. The van der Waals surface area contributed by atoms with Crippen molar-refractivity contribution in [3.8, 4) is 17.6 Å². The van der Waals surface area contributed by atoms with Crippen molar-refractivity contribution in [2.75, 3.05) is 19.0 Å². The SMILES string of the molecule is COc1cc(C2C(C#N)=C(N)OC3=C2C(=O)CC(C)(C)C3)ccc1OCC(=O)Nc1c(C)cc(C)cc1C. The van der Waals surface area contributed by atoms with Gasteiger partial charge in [0.2, 0.25) is 5.88 Å². The molecule has 0 saturated carbocycles. The lowest BCUT2D eigenvalue weighted by Crippen LogP contribution is -2.33. The van der Waals surface area contributed by atoms with Crippen LogP contribution >= 0.6 is 0 Å². The summed E-state index contributed by atoms with van der Waals surface area (Å²) in [5, 5.41) is 12.8. The fourth-order valence-electron chi connectivity index (χ4n) is 5.30. The fraction of sp³-hybridized carbons (Fsp3) is 0.367. The molecule has 1 aliphatic heterocycles. The minimum absolute atomic E-state index is 0.000549. The summed E-state index contributed by atoms with van der Waals surface area (Å²) in [7, 11) is 1.49. The van der Waals surface area contributed by atoms with Gasteiger partial charge in [0, 0.05) is 24.1 Å². The van der Waals surface area contributed by atoms with Gasteiger partial charge in [-0.05, 0) is 55.0 Å². The van der Waals surface area contributed by atoms with E-state index in [2.05, 4.69) is 11.4 Å². The molecule has 1 amide bonds. The number of allylic oxidation sites excluding steroid dienone is 3. The van der Waals surface area contributed by atoms with Gasteiger partial charge < -0.3 is 25.3 Å². The van der Waals surface area contributed by atoms with E-state index >= 15 is 0 Å². The number of ketones is 1. The molecule has 0 bridgehead atoms. The summed E-state index contributed by atoms with van der Waals surface area (Å²) in [6.45, 7) is 9.68. The number of amides is 1. The van der Waals surface area contributed by atoms with Crippen LogP contribution in [0.4, 0.5) is 5.69 Å². The van der Waals surface area contributed by atoms with Crippen molar-refractivity contribution in [3.05, 3.63) is 75.4 Å². The monoisotopic (exact) mass is 515 g/mol. The molecule has 1 atom stereocenters. The van der Waals surface area contributed by atoms with Gasteiger partial charge in [0.25, 0.3) is 5.91 Å². The van der Waals surface area contributed by atoms with Gasteiger partial charge in [-0.15, -0.1) is 0 Å². The van der Waals surface area contributed by atoms with Crippen LogP contribution in [0.15, 0.2) is 53.1 Å². The normalized spacial score (nSPS) is 18.3. The van der Waals surface area contributed by atoms with E-state index in [0.29, 0.717) is 41.2 Å². The number of anilines is 1. The van der Waals surface area contributed by atoms with E-state index in [0.717, 1.165) is 22.4 Å². The molecule has 1 aliphatic carbocycles. The molecule has 0 saturated heterocycles. The number of nitrogens with one attached hydrogen (secondary N) is 1. The van der Waals surface area contributed by atoms with Crippen LogP contribution in [0.25, 0.3) is 0 Å². The van der Waals surface area contributed by atoms with Crippen molar-refractivity contribution in [1.29, 1.82) is 5.26 Å². The van der Waals surface area contributed by atoms with E-state index in [4.69, 9.17) is 19.9 Å². The van der Waals surface area contributed by atoms with Crippen LogP contribution in [0.1, 0.15) is 54.9 Å².